The highest BCUT2D eigenvalue weighted by Crippen LogP contribution is 2.17. The Labute approximate surface area is 392 Å². The molecule has 6 nitrogen and oxygen atoms in total. The molecule has 0 fully saturated rings. The third-order valence-electron chi connectivity index (χ3n) is 12.8. The van der Waals surface area contributed by atoms with Crippen molar-refractivity contribution in [1.82, 2.24) is 0 Å². The van der Waals surface area contributed by atoms with Crippen LogP contribution in [-0.4, -0.2) is 37.2 Å². The summed E-state index contributed by atoms with van der Waals surface area (Å²) in [6, 6.07) is 0. The van der Waals surface area contributed by atoms with E-state index in [2.05, 4.69) is 32.9 Å². The molecule has 0 aliphatic rings. The molecule has 0 N–H and O–H groups in total. The minimum Gasteiger partial charge on any atom is -0.462 e. The Balaban J connectivity index is 4.06. The van der Waals surface area contributed by atoms with Crippen molar-refractivity contribution >= 4 is 17.9 Å². The molecule has 0 saturated carbocycles. The predicted molar refractivity (Wildman–Crippen MR) is 270 cm³/mol. The Bertz CT molecular complexity index is 978. The van der Waals surface area contributed by atoms with Crippen molar-refractivity contribution in [3.8, 4) is 0 Å². The lowest BCUT2D eigenvalue weighted by Gasteiger charge is -2.18. The van der Waals surface area contributed by atoms with E-state index in [1.807, 2.05) is 0 Å². The number of esters is 3. The lowest BCUT2D eigenvalue weighted by atomic mass is 10.0. The maximum Gasteiger partial charge on any atom is 0.306 e. The first-order valence-corrected chi connectivity index (χ1v) is 28.2. The topological polar surface area (TPSA) is 78.9 Å². The summed E-state index contributed by atoms with van der Waals surface area (Å²) >= 11 is 0. The van der Waals surface area contributed by atoms with Gasteiger partial charge in [-0.2, -0.15) is 0 Å². The number of rotatable bonds is 52. The molecule has 6 heteroatoms. The van der Waals surface area contributed by atoms with Gasteiger partial charge in [0.2, 0.25) is 0 Å². The second-order valence-electron chi connectivity index (χ2n) is 19.2. The normalized spacial score (nSPS) is 12.0. The third-order valence-corrected chi connectivity index (χ3v) is 12.8. The monoisotopic (exact) mass is 889 g/mol. The molecule has 0 amide bonds. The van der Waals surface area contributed by atoms with Crippen LogP contribution in [0.4, 0.5) is 0 Å². The first-order valence-electron chi connectivity index (χ1n) is 28.2. The maximum atomic E-state index is 12.8. The summed E-state index contributed by atoms with van der Waals surface area (Å²) in [6.45, 7) is 6.61. The fourth-order valence-electron chi connectivity index (χ4n) is 8.50. The smallest absolute Gasteiger partial charge is 0.306 e. The fourth-order valence-corrected chi connectivity index (χ4v) is 8.50. The van der Waals surface area contributed by atoms with Crippen LogP contribution in [0.5, 0.6) is 0 Å². The molecule has 0 bridgehead atoms. The van der Waals surface area contributed by atoms with Crippen LogP contribution in [0.15, 0.2) is 12.2 Å². The van der Waals surface area contributed by atoms with Gasteiger partial charge in [0.15, 0.2) is 6.10 Å². The van der Waals surface area contributed by atoms with Gasteiger partial charge in [-0.1, -0.05) is 264 Å². The van der Waals surface area contributed by atoms with E-state index < -0.39 is 6.10 Å². The third kappa shape index (κ3) is 51.0. The van der Waals surface area contributed by atoms with E-state index in [0.717, 1.165) is 64.2 Å². The quantitative estimate of drug-likeness (QED) is 0.0262. The van der Waals surface area contributed by atoms with E-state index in [1.165, 1.54) is 212 Å². The largest absolute Gasteiger partial charge is 0.462 e. The highest BCUT2D eigenvalue weighted by atomic mass is 16.6. The Morgan fingerprint density at radius 2 is 0.524 bits per heavy atom. The summed E-state index contributed by atoms with van der Waals surface area (Å²) in [5.74, 6) is -0.869. The first-order chi connectivity index (χ1) is 31.0. The molecule has 0 aliphatic heterocycles. The highest BCUT2D eigenvalue weighted by Gasteiger charge is 2.19. The van der Waals surface area contributed by atoms with Gasteiger partial charge in [-0.15, -0.1) is 0 Å². The molecule has 0 aromatic carbocycles. The second kappa shape index (κ2) is 52.8. The van der Waals surface area contributed by atoms with Crippen molar-refractivity contribution in [2.24, 2.45) is 0 Å². The van der Waals surface area contributed by atoms with Crippen LogP contribution in [0.2, 0.25) is 0 Å². The van der Waals surface area contributed by atoms with E-state index >= 15 is 0 Å². The Morgan fingerprint density at radius 1 is 0.302 bits per heavy atom. The Morgan fingerprint density at radius 3 is 0.794 bits per heavy atom. The van der Waals surface area contributed by atoms with Gasteiger partial charge in [-0.05, 0) is 44.9 Å². The lowest BCUT2D eigenvalue weighted by Crippen LogP contribution is -2.30. The van der Waals surface area contributed by atoms with Gasteiger partial charge in [0, 0.05) is 19.3 Å². The standard InChI is InChI=1S/C57H108O6/c1-4-7-10-13-16-18-20-22-24-25-26-27-28-29-30-31-32-34-35-37-39-41-44-47-50-56(59)62-53-54(52-61-55(58)49-46-43-15-12-9-6-3)63-57(60)51-48-45-42-40-38-36-33-23-21-19-17-14-11-8-5-2/h23,33,54H,4-22,24-32,34-53H2,1-3H3/b33-23-. The summed E-state index contributed by atoms with van der Waals surface area (Å²) in [7, 11) is 0. The first kappa shape index (κ1) is 61.1. The predicted octanol–water partition coefficient (Wildman–Crippen LogP) is 18.5. The van der Waals surface area contributed by atoms with Crippen LogP contribution in [-0.2, 0) is 28.6 Å². The van der Waals surface area contributed by atoms with Crippen molar-refractivity contribution in [3.05, 3.63) is 12.2 Å². The molecule has 63 heavy (non-hydrogen) atoms. The zero-order chi connectivity index (χ0) is 45.8. The molecule has 0 heterocycles. The van der Waals surface area contributed by atoms with Crippen molar-refractivity contribution in [1.29, 1.82) is 0 Å². The fraction of sp³-hybridized carbons (Fsp3) is 0.912. The van der Waals surface area contributed by atoms with Crippen LogP contribution in [0, 0.1) is 0 Å². The zero-order valence-corrected chi connectivity index (χ0v) is 42.6. The van der Waals surface area contributed by atoms with Gasteiger partial charge in [0.05, 0.1) is 0 Å². The summed E-state index contributed by atoms with van der Waals surface area (Å²) in [6.07, 6.45) is 59.6. The SMILES string of the molecule is CCCCCCCC/C=C\CCCCCCCC(=O)OC(COC(=O)CCCCCCCC)COC(=O)CCCCCCCCCCCCCCCCCCCCCCCCCC. The van der Waals surface area contributed by atoms with E-state index in [4.69, 9.17) is 14.2 Å². The maximum absolute atomic E-state index is 12.8. The van der Waals surface area contributed by atoms with Gasteiger partial charge in [0.1, 0.15) is 13.2 Å². The molecule has 1 atom stereocenters. The average molecular weight is 889 g/mol. The molecule has 0 saturated heterocycles. The Kier molecular flexibility index (Phi) is 51.2. The molecular formula is C57H108O6. The van der Waals surface area contributed by atoms with E-state index in [-0.39, 0.29) is 31.1 Å². The second-order valence-corrected chi connectivity index (χ2v) is 19.2. The van der Waals surface area contributed by atoms with Crippen molar-refractivity contribution in [2.45, 2.75) is 322 Å². The zero-order valence-electron chi connectivity index (χ0n) is 42.6. The van der Waals surface area contributed by atoms with Gasteiger partial charge in [0.25, 0.3) is 0 Å². The van der Waals surface area contributed by atoms with E-state index in [9.17, 15) is 14.4 Å². The molecule has 1 unspecified atom stereocenters. The molecule has 0 aromatic rings. The van der Waals surface area contributed by atoms with Gasteiger partial charge in [-0.25, -0.2) is 0 Å². The number of carbonyl (C=O) groups is 3. The van der Waals surface area contributed by atoms with Gasteiger partial charge < -0.3 is 14.2 Å². The number of carbonyl (C=O) groups excluding carboxylic acids is 3. The summed E-state index contributed by atoms with van der Waals surface area (Å²) in [5, 5.41) is 0. The summed E-state index contributed by atoms with van der Waals surface area (Å²) in [4.78, 5) is 37.8. The van der Waals surface area contributed by atoms with Gasteiger partial charge >= 0.3 is 17.9 Å². The molecular weight excluding hydrogens is 781 g/mol. The molecule has 372 valence electrons. The highest BCUT2D eigenvalue weighted by molar-refractivity contribution is 5.71. The van der Waals surface area contributed by atoms with Crippen LogP contribution < -0.4 is 0 Å². The number of hydrogen-bond donors (Lipinski definition) is 0. The molecule has 0 radical (unpaired) electrons. The van der Waals surface area contributed by atoms with Crippen molar-refractivity contribution in [2.75, 3.05) is 13.2 Å². The average Bonchev–Trinajstić information content (AvgIpc) is 3.28. The van der Waals surface area contributed by atoms with Crippen LogP contribution in [0.25, 0.3) is 0 Å². The minimum absolute atomic E-state index is 0.0688. The summed E-state index contributed by atoms with van der Waals surface area (Å²) in [5.41, 5.74) is 0. The number of allylic oxidation sites excluding steroid dienone is 2. The minimum atomic E-state index is -0.766. The van der Waals surface area contributed by atoms with Crippen molar-refractivity contribution in [3.63, 3.8) is 0 Å². The van der Waals surface area contributed by atoms with Crippen LogP contribution >= 0.6 is 0 Å². The van der Waals surface area contributed by atoms with E-state index in [0.29, 0.717) is 19.3 Å². The van der Waals surface area contributed by atoms with E-state index in [1.54, 1.807) is 0 Å². The molecule has 0 spiro atoms. The number of hydrogen-bond acceptors (Lipinski definition) is 6. The van der Waals surface area contributed by atoms with Crippen LogP contribution in [0.1, 0.15) is 316 Å². The van der Waals surface area contributed by atoms with Crippen molar-refractivity contribution < 1.29 is 28.6 Å². The summed E-state index contributed by atoms with van der Waals surface area (Å²) < 4.78 is 16.7. The molecule has 0 aromatic heterocycles. The molecule has 0 rings (SSSR count). The number of ether oxygens (including phenoxy) is 3. The number of unbranched alkanes of at least 4 members (excludes halogenated alkanes) is 39. The molecule has 0 aliphatic carbocycles. The lowest BCUT2D eigenvalue weighted by molar-refractivity contribution is -0.167. The Hall–Kier alpha value is -1.85. The van der Waals surface area contributed by atoms with Gasteiger partial charge in [-0.3, -0.25) is 14.4 Å². The van der Waals surface area contributed by atoms with Crippen LogP contribution in [0.3, 0.4) is 0 Å².